The van der Waals surface area contributed by atoms with E-state index in [2.05, 4.69) is 9.97 Å². The van der Waals surface area contributed by atoms with Crippen molar-refractivity contribution in [3.63, 3.8) is 0 Å². The van der Waals surface area contributed by atoms with Crippen LogP contribution in [0, 0.1) is 13.8 Å². The summed E-state index contributed by atoms with van der Waals surface area (Å²) >= 11 is 0. The SMILES string of the molecule is CC[N+](CC)(CC)O[P+]([O-])(OC[C@H]1O[C@@H](n2cc(C)c(=O)[nH]c2=O)C[C@@H]1OC(=[O+])c1ccccc1)O[C@H]1C[C@H](n2cc(C)c(=O)[nH]c2=O)O[C@@H]1COC(=O)c1ccccc1. The molecule has 1 unspecified atom stereocenters. The van der Waals surface area contributed by atoms with E-state index in [9.17, 15) is 28.8 Å². The standard InChI is InChI=1S/C40H48N5O14P/c1-6-45(7-2,8-3)59-60(52,54-24-32-29(57-38(49)28-17-13-10-14-18-28)19-33(56-32)43-21-25(4)35(46)41-39(43)50)58-30-20-34(44-22-26(5)36(47)42-40(44)51)55-31(30)23-53-37(48)27-15-11-9-12-16-27/h9-18,21-22,29-34H,6-8,19-20,23-24H2,1-5H3,(H-,41,42,46,47,50,51)/q+1/p+1/t29-,30-,31+,32+,33+,34+,60?/m0/s1. The lowest BCUT2D eigenvalue weighted by molar-refractivity contribution is -1.08. The van der Waals surface area contributed by atoms with Crippen molar-refractivity contribution in [2.75, 3.05) is 32.8 Å². The molecule has 0 amide bonds. The van der Waals surface area contributed by atoms with Gasteiger partial charge in [0, 0.05) is 34.6 Å². The fourth-order valence-electron chi connectivity index (χ4n) is 6.93. The van der Waals surface area contributed by atoms with Crippen LogP contribution in [0.15, 0.2) is 92.2 Å². The number of quaternary nitrogens is 1. The van der Waals surface area contributed by atoms with Crippen LogP contribution in [0.3, 0.4) is 0 Å². The van der Waals surface area contributed by atoms with E-state index >= 15 is 4.89 Å². The van der Waals surface area contributed by atoms with Crippen LogP contribution in [-0.2, 0) is 32.6 Å². The third kappa shape index (κ3) is 10.2. The molecule has 0 bridgehead atoms. The minimum atomic E-state index is -4.75. The van der Waals surface area contributed by atoms with E-state index in [1.807, 2.05) is 20.8 Å². The zero-order valence-corrected chi connectivity index (χ0v) is 34.7. The molecule has 60 heavy (non-hydrogen) atoms. The number of phosphoric acid groups is 1. The number of carbonyl (C=O) groups excluding carboxylic acids is 2. The molecule has 20 heteroatoms. The second kappa shape index (κ2) is 19.1. The predicted molar refractivity (Wildman–Crippen MR) is 212 cm³/mol. The van der Waals surface area contributed by atoms with Gasteiger partial charge in [-0.15, -0.1) is 4.65 Å². The molecule has 0 aliphatic carbocycles. The molecule has 2 aromatic heterocycles. The molecule has 2 N–H and O–H groups in total. The maximum atomic E-state index is 15.2. The number of nitrogens with zero attached hydrogens (tertiary/aromatic N) is 3. The summed E-state index contributed by atoms with van der Waals surface area (Å²) in [5, 5.41) is 0. The molecule has 2 aliphatic heterocycles. The fraction of sp³-hybridized carbons (Fsp3) is 0.450. The zero-order chi connectivity index (χ0) is 43.2. The van der Waals surface area contributed by atoms with Crippen molar-refractivity contribution in [1.82, 2.24) is 19.1 Å². The second-order valence-corrected chi connectivity index (χ2v) is 16.0. The Bertz CT molecular complexity index is 2360. The van der Waals surface area contributed by atoms with Crippen LogP contribution in [-0.4, -0.2) is 93.0 Å². The van der Waals surface area contributed by atoms with Crippen LogP contribution < -0.4 is 27.4 Å². The third-order valence-corrected chi connectivity index (χ3v) is 12.1. The monoisotopic (exact) mass is 854 g/mol. The normalized spacial score (nSPS) is 22.6. The van der Waals surface area contributed by atoms with Crippen LogP contribution in [0.1, 0.15) is 77.9 Å². The highest BCUT2D eigenvalue weighted by Crippen LogP contribution is 2.59. The zero-order valence-electron chi connectivity index (χ0n) is 33.8. The molecule has 19 nitrogen and oxygen atoms in total. The lowest BCUT2D eigenvalue weighted by Gasteiger charge is -2.36. The quantitative estimate of drug-likeness (QED) is 0.0511. The number of hydrogen-bond donors (Lipinski definition) is 2. The van der Waals surface area contributed by atoms with Crippen molar-refractivity contribution in [2.24, 2.45) is 0 Å². The molecule has 2 aromatic carbocycles. The topological polar surface area (TPSA) is 234 Å². The summed E-state index contributed by atoms with van der Waals surface area (Å²) < 4.78 is 44.8. The number of phosphoric ester groups is 1. The van der Waals surface area contributed by atoms with Gasteiger partial charge in [0.1, 0.15) is 63.1 Å². The lowest BCUT2D eigenvalue weighted by atomic mass is 10.1. The molecule has 6 rings (SSSR count). The van der Waals surface area contributed by atoms with Gasteiger partial charge in [-0.3, -0.25) is 28.7 Å². The van der Waals surface area contributed by atoms with E-state index < -0.39 is 92.7 Å². The first-order valence-corrected chi connectivity index (χ1v) is 21.1. The van der Waals surface area contributed by atoms with Gasteiger partial charge in [0.25, 0.3) is 11.1 Å². The number of aromatic nitrogens is 4. The molecule has 321 valence electrons. The minimum absolute atomic E-state index is 0.0524. The molecule has 4 aromatic rings. The highest BCUT2D eigenvalue weighted by Gasteiger charge is 2.54. The first kappa shape index (κ1) is 44.4. The number of nitrogens with one attached hydrogen (secondary N) is 2. The molecule has 1 radical (unpaired) electrons. The van der Waals surface area contributed by atoms with E-state index in [1.165, 1.54) is 26.2 Å². The van der Waals surface area contributed by atoms with Crippen molar-refractivity contribution in [1.29, 1.82) is 0 Å². The Kier molecular flexibility index (Phi) is 14.1. The van der Waals surface area contributed by atoms with Gasteiger partial charge in [-0.05, 0) is 58.9 Å². The molecular formula is C40H49N5O14P+2. The Morgan fingerprint density at radius 1 is 0.783 bits per heavy atom. The molecule has 0 spiro atoms. The molecule has 4 heterocycles. The largest absolute Gasteiger partial charge is 0.607 e. The van der Waals surface area contributed by atoms with Gasteiger partial charge in [-0.1, -0.05) is 36.4 Å². The van der Waals surface area contributed by atoms with Crippen molar-refractivity contribution < 1.29 is 51.7 Å². The van der Waals surface area contributed by atoms with Crippen molar-refractivity contribution >= 4 is 20.1 Å². The van der Waals surface area contributed by atoms with E-state index in [0.717, 1.165) is 9.13 Å². The predicted octanol–water partition coefficient (Wildman–Crippen LogP) is 2.61. The van der Waals surface area contributed by atoms with Crippen LogP contribution in [0.25, 0.3) is 0 Å². The average Bonchev–Trinajstić information content (AvgIpc) is 3.84. The number of hydroxylamine groups is 3. The number of esters is 2. The maximum Gasteiger partial charge on any atom is 0.607 e. The van der Waals surface area contributed by atoms with Gasteiger partial charge in [-0.25, -0.2) is 14.4 Å². The molecule has 2 saturated heterocycles. The van der Waals surface area contributed by atoms with Crippen molar-refractivity contribution in [2.45, 2.75) is 84.3 Å². The van der Waals surface area contributed by atoms with Crippen LogP contribution >= 0.6 is 8.17 Å². The third-order valence-electron chi connectivity index (χ3n) is 10.6. The summed E-state index contributed by atoms with van der Waals surface area (Å²) in [7, 11) is -4.75. The molecule has 2 fully saturated rings. The van der Waals surface area contributed by atoms with E-state index in [4.69, 9.17) is 32.6 Å². The number of ether oxygens (including phenoxy) is 4. The minimum Gasteiger partial charge on any atom is -0.601 e. The summed E-state index contributed by atoms with van der Waals surface area (Å²) in [6.07, 6.45) is -4.18. The molecule has 0 saturated carbocycles. The Hall–Kier alpha value is -5.11. The van der Waals surface area contributed by atoms with Gasteiger partial charge < -0.3 is 23.8 Å². The van der Waals surface area contributed by atoms with Gasteiger partial charge >= 0.3 is 31.5 Å². The van der Waals surface area contributed by atoms with E-state index in [1.54, 1.807) is 60.7 Å². The summed E-state index contributed by atoms with van der Waals surface area (Å²) in [6, 6.07) is 16.4. The van der Waals surface area contributed by atoms with Crippen molar-refractivity contribution in [3.8, 4) is 0 Å². The first-order chi connectivity index (χ1) is 28.7. The summed E-state index contributed by atoms with van der Waals surface area (Å²) in [5.41, 5.74) is -1.72. The van der Waals surface area contributed by atoms with Crippen molar-refractivity contribution in [3.05, 3.63) is 137 Å². The highest BCUT2D eigenvalue weighted by molar-refractivity contribution is 7.53. The highest BCUT2D eigenvalue weighted by atomic mass is 31.2. The van der Waals surface area contributed by atoms with E-state index in [-0.39, 0.29) is 39.7 Å². The molecular weight excluding hydrogens is 805 g/mol. The Morgan fingerprint density at radius 3 is 1.78 bits per heavy atom. The number of H-pyrrole nitrogens is 2. The van der Waals surface area contributed by atoms with Gasteiger partial charge in [-0.2, -0.15) is 9.05 Å². The Labute approximate surface area is 344 Å². The summed E-state index contributed by atoms with van der Waals surface area (Å²) in [4.78, 5) is 96.2. The number of rotatable bonds is 17. The van der Waals surface area contributed by atoms with E-state index in [0.29, 0.717) is 19.6 Å². The summed E-state index contributed by atoms with van der Waals surface area (Å²) in [5.74, 6) is -1.36. The number of benzene rings is 2. The molecule has 7 atom stereocenters. The van der Waals surface area contributed by atoms with Crippen LogP contribution in [0.5, 0.6) is 0 Å². The second-order valence-electron chi connectivity index (χ2n) is 14.4. The lowest BCUT2D eigenvalue weighted by Crippen LogP contribution is -2.50. The van der Waals surface area contributed by atoms with Crippen LogP contribution in [0.4, 0.5) is 0 Å². The number of aromatic amines is 2. The van der Waals surface area contributed by atoms with Crippen LogP contribution in [0.2, 0.25) is 0 Å². The average molecular weight is 855 g/mol. The number of carbonyl (C=O) groups is 2. The molecule has 2 aliphatic rings. The number of aryl methyl sites for hydroxylation is 2. The van der Waals surface area contributed by atoms with Gasteiger partial charge in [0.2, 0.25) is 6.10 Å². The van der Waals surface area contributed by atoms with Gasteiger partial charge in [0.15, 0.2) is 6.10 Å². The summed E-state index contributed by atoms with van der Waals surface area (Å²) in [6.45, 7) is 8.59. The maximum absolute atomic E-state index is 15.2. The Morgan fingerprint density at radius 2 is 1.27 bits per heavy atom. The smallest absolute Gasteiger partial charge is 0.601 e. The fourth-order valence-corrected chi connectivity index (χ4v) is 8.73. The number of hydrogen-bond acceptors (Lipinski definition) is 14. The first-order valence-electron chi connectivity index (χ1n) is 19.6. The Balaban J connectivity index is 1.31. The van der Waals surface area contributed by atoms with Gasteiger partial charge in [0.05, 0.1) is 16.8 Å².